The van der Waals surface area contributed by atoms with Gasteiger partial charge in [0.25, 0.3) is 0 Å². The Morgan fingerprint density at radius 3 is 2.02 bits per heavy atom. The lowest BCUT2D eigenvalue weighted by Gasteiger charge is -2.19. The van der Waals surface area contributed by atoms with Gasteiger partial charge in [0.2, 0.25) is 11.8 Å². The highest BCUT2D eigenvalue weighted by Gasteiger charge is 2.29. The molecule has 0 aromatic carbocycles. The van der Waals surface area contributed by atoms with Crippen molar-refractivity contribution in [2.75, 3.05) is 17.7 Å². The van der Waals surface area contributed by atoms with Crippen LogP contribution >= 0.6 is 11.8 Å². The number of nitrogens with two attached hydrogens (primary N) is 1. The molecule has 234 valence electrons. The Kier molecular flexibility index (Phi) is 17.7. The molecule has 0 spiro atoms. The maximum atomic E-state index is 12.8. The summed E-state index contributed by atoms with van der Waals surface area (Å²) in [7, 11) is 0. The molecule has 0 aliphatic carbocycles. The number of anilines is 1. The summed E-state index contributed by atoms with van der Waals surface area (Å²) in [6.45, 7) is 3.62. The monoisotopic (exact) mass is 610 g/mol. The number of rotatable bonds is 19. The van der Waals surface area contributed by atoms with E-state index < -0.39 is 35.6 Å². The van der Waals surface area contributed by atoms with E-state index in [1.54, 1.807) is 6.92 Å². The topological polar surface area (TPSA) is 137 Å². The third-order valence-electron chi connectivity index (χ3n) is 6.64. The Labute approximate surface area is 259 Å². The van der Waals surface area contributed by atoms with Gasteiger partial charge < -0.3 is 20.9 Å². The second kappa shape index (κ2) is 21.3. The van der Waals surface area contributed by atoms with Crippen molar-refractivity contribution in [2.45, 2.75) is 70.5 Å². The molecule has 2 heterocycles. The number of hydrogen-bond donors (Lipinski definition) is 3. The van der Waals surface area contributed by atoms with Gasteiger partial charge in [0.1, 0.15) is 17.5 Å². The number of ether oxygens (including phenoxy) is 1. The quantitative estimate of drug-likeness (QED) is 0.174. The third kappa shape index (κ3) is 14.0. The van der Waals surface area contributed by atoms with Crippen molar-refractivity contribution in [3.8, 4) is 0 Å². The number of aliphatic hydroxyl groups excluding tert-OH is 1. The average Bonchev–Trinajstić information content (AvgIpc) is 3.47. The normalized spacial score (nSPS) is 19.1. The van der Waals surface area contributed by atoms with Crippen molar-refractivity contribution in [1.29, 1.82) is 0 Å². The molecule has 4 atom stereocenters. The van der Waals surface area contributed by atoms with E-state index >= 15 is 0 Å². The molecule has 1 aromatic heterocycles. The van der Waals surface area contributed by atoms with Crippen LogP contribution in [0, 0.1) is 11.8 Å². The van der Waals surface area contributed by atoms with Gasteiger partial charge in [-0.25, -0.2) is 4.79 Å². The van der Waals surface area contributed by atoms with Crippen molar-refractivity contribution in [3.63, 3.8) is 0 Å². The van der Waals surface area contributed by atoms with Crippen LogP contribution < -0.4 is 16.7 Å². The number of allylic oxidation sites excluding steroid dienone is 12. The molecule has 1 fully saturated rings. The van der Waals surface area contributed by atoms with Gasteiger partial charge in [-0.2, -0.15) is 4.98 Å². The number of nitrogens with one attached hydrogen (secondary N) is 1. The Bertz CT molecular complexity index is 1230. The first-order valence-electron chi connectivity index (χ1n) is 14.8. The van der Waals surface area contributed by atoms with Gasteiger partial charge in [-0.15, -0.1) is 11.8 Å². The zero-order chi connectivity index (χ0) is 31.3. The van der Waals surface area contributed by atoms with E-state index in [1.165, 1.54) is 28.6 Å². The van der Waals surface area contributed by atoms with Crippen LogP contribution in [0.2, 0.25) is 0 Å². The maximum Gasteiger partial charge on any atom is 0.351 e. The number of aliphatic hydroxyl groups is 1. The number of hydrogen-bond acceptors (Lipinski definition) is 7. The fourth-order valence-corrected chi connectivity index (χ4v) is 5.07. The van der Waals surface area contributed by atoms with Gasteiger partial charge in [0.05, 0.1) is 12.5 Å². The standard InChI is InChI=1S/C33H46N4O5S/c1-3-4-5-6-7-8-9-10-11-12-13-14-15-16-17-18-19-20-21-27(31(34)39)26(2)32(40)35-28-22-23-37(33(41)36-28)29-25-43-30(24-38)42-29/h4-5,7-8,10-11,13-14,16-17,19-20,22-23,26-27,29-30,38H,3,6,9,12,15,18,21,24-25H2,1-2H3,(H2,34,39)(H,35,36,40,41)/t26-,27?,29-,30+/m0/s1. The fourth-order valence-electron chi connectivity index (χ4n) is 4.14. The number of aromatic nitrogens is 2. The number of nitrogens with zero attached hydrogens (tertiary/aromatic N) is 2. The average molecular weight is 611 g/mol. The SMILES string of the molecule is CCC=CCC=CCC=CCC=CCC=CCC=CCC(C(N)=O)[C@H](C)C(=O)Nc1ccn([C@@H]2CS[C@H](CO)O2)c(=O)n1. The van der Waals surface area contributed by atoms with Crippen molar-refractivity contribution >= 4 is 29.4 Å². The Morgan fingerprint density at radius 1 is 1.02 bits per heavy atom. The molecular formula is C33H46N4O5S. The van der Waals surface area contributed by atoms with Gasteiger partial charge in [0.15, 0.2) is 0 Å². The van der Waals surface area contributed by atoms with E-state index in [2.05, 4.69) is 78.0 Å². The lowest BCUT2D eigenvalue weighted by Crippen LogP contribution is -2.36. The van der Waals surface area contributed by atoms with Crippen molar-refractivity contribution in [3.05, 3.63) is 95.7 Å². The minimum absolute atomic E-state index is 0.0830. The van der Waals surface area contributed by atoms with E-state index in [4.69, 9.17) is 10.5 Å². The number of amides is 2. The first-order chi connectivity index (χ1) is 20.9. The van der Waals surface area contributed by atoms with E-state index in [0.717, 1.165) is 32.1 Å². The van der Waals surface area contributed by atoms with Gasteiger partial charge in [-0.1, -0.05) is 86.8 Å². The summed E-state index contributed by atoms with van der Waals surface area (Å²) in [5.74, 6) is -1.86. The van der Waals surface area contributed by atoms with E-state index in [0.29, 0.717) is 18.6 Å². The molecule has 43 heavy (non-hydrogen) atoms. The summed E-state index contributed by atoms with van der Waals surface area (Å²) in [6, 6.07) is 1.50. The Balaban J connectivity index is 1.71. The van der Waals surface area contributed by atoms with Crippen LogP contribution in [0.1, 0.15) is 65.0 Å². The van der Waals surface area contributed by atoms with Crippen LogP contribution in [0.5, 0.6) is 0 Å². The first kappa shape index (κ1) is 35.7. The van der Waals surface area contributed by atoms with Crippen LogP contribution in [-0.2, 0) is 14.3 Å². The highest BCUT2D eigenvalue weighted by atomic mass is 32.2. The molecule has 1 aliphatic heterocycles. The molecule has 2 rings (SSSR count). The second-order valence-electron chi connectivity index (χ2n) is 9.98. The van der Waals surface area contributed by atoms with Crippen molar-refractivity contribution in [1.82, 2.24) is 9.55 Å². The van der Waals surface area contributed by atoms with Crippen LogP contribution in [0.3, 0.4) is 0 Å². The van der Waals surface area contributed by atoms with Gasteiger partial charge >= 0.3 is 5.69 Å². The number of thioether (sulfide) groups is 1. The molecule has 0 bridgehead atoms. The maximum absolute atomic E-state index is 12.8. The lowest BCUT2D eigenvalue weighted by atomic mass is 9.89. The highest BCUT2D eigenvalue weighted by molar-refractivity contribution is 8.00. The summed E-state index contributed by atoms with van der Waals surface area (Å²) in [5.41, 5.74) is 4.62. The second-order valence-corrected chi connectivity index (χ2v) is 11.2. The third-order valence-corrected chi connectivity index (χ3v) is 7.75. The predicted octanol–water partition coefficient (Wildman–Crippen LogP) is 5.59. The summed E-state index contributed by atoms with van der Waals surface area (Å²) < 4.78 is 6.90. The summed E-state index contributed by atoms with van der Waals surface area (Å²) in [4.78, 5) is 41.3. The molecule has 1 unspecified atom stereocenters. The minimum Gasteiger partial charge on any atom is -0.393 e. The van der Waals surface area contributed by atoms with Crippen molar-refractivity contribution in [2.24, 2.45) is 17.6 Å². The molecule has 1 saturated heterocycles. The largest absolute Gasteiger partial charge is 0.393 e. The van der Waals surface area contributed by atoms with Crippen molar-refractivity contribution < 1.29 is 19.4 Å². The van der Waals surface area contributed by atoms with E-state index in [9.17, 15) is 19.5 Å². The summed E-state index contributed by atoms with van der Waals surface area (Å²) in [5, 5.41) is 11.8. The number of carbonyl (C=O) groups is 2. The Morgan fingerprint density at radius 2 is 1.56 bits per heavy atom. The molecule has 1 aromatic rings. The predicted molar refractivity (Wildman–Crippen MR) is 175 cm³/mol. The van der Waals surface area contributed by atoms with Crippen LogP contribution in [0.4, 0.5) is 5.82 Å². The van der Waals surface area contributed by atoms with Gasteiger partial charge in [0, 0.05) is 17.9 Å². The van der Waals surface area contributed by atoms with Gasteiger partial charge in [-0.3, -0.25) is 14.2 Å². The summed E-state index contributed by atoms with van der Waals surface area (Å²) >= 11 is 1.41. The molecule has 0 saturated carbocycles. The smallest absolute Gasteiger partial charge is 0.351 e. The Hall–Kier alpha value is -3.47. The molecule has 2 amide bonds. The fraction of sp³-hybridized carbons (Fsp3) is 0.455. The highest BCUT2D eigenvalue weighted by Crippen LogP contribution is 2.30. The molecule has 4 N–H and O–H groups in total. The lowest BCUT2D eigenvalue weighted by molar-refractivity contribution is -0.129. The molecule has 10 heteroatoms. The number of carbonyl (C=O) groups excluding carboxylic acids is 2. The first-order valence-corrected chi connectivity index (χ1v) is 15.9. The zero-order valence-corrected chi connectivity index (χ0v) is 26.0. The molecule has 0 radical (unpaired) electrons. The molecular weight excluding hydrogens is 564 g/mol. The molecule has 9 nitrogen and oxygen atoms in total. The van der Waals surface area contributed by atoms with Gasteiger partial charge in [-0.05, 0) is 51.0 Å². The van der Waals surface area contributed by atoms with E-state index in [-0.39, 0.29) is 17.9 Å². The number of primary amides is 1. The minimum atomic E-state index is -0.722. The van der Waals surface area contributed by atoms with Crippen LogP contribution in [0.15, 0.2) is 90.0 Å². The van der Waals surface area contributed by atoms with E-state index in [1.807, 2.05) is 12.2 Å². The van der Waals surface area contributed by atoms with Crippen LogP contribution in [0.25, 0.3) is 0 Å². The molecule has 1 aliphatic rings. The zero-order valence-electron chi connectivity index (χ0n) is 25.2. The van der Waals surface area contributed by atoms with Crippen LogP contribution in [-0.4, -0.2) is 44.3 Å². The summed E-state index contributed by atoms with van der Waals surface area (Å²) in [6.07, 6.45) is 32.1.